The maximum Gasteiger partial charge on any atom is 0.472 e. The number of carboxylic acids is 1. The van der Waals surface area contributed by atoms with Crippen LogP contribution in [0.5, 0.6) is 0 Å². The number of hydrogen-bond acceptors (Lipinski definition) is 9. The largest absolute Gasteiger partial charge is 0.480 e. The Morgan fingerprint density at radius 2 is 1.02 bits per heavy atom. The molecule has 3 atom stereocenters. The molecule has 0 spiro atoms. The van der Waals surface area contributed by atoms with E-state index in [1.807, 2.05) is 12.2 Å². The van der Waals surface area contributed by atoms with Crippen LogP contribution in [-0.2, 0) is 37.5 Å². The summed E-state index contributed by atoms with van der Waals surface area (Å²) in [7, 11) is -4.73. The molecule has 4 N–H and O–H groups in total. The number of aliphatic carboxylic acids is 1. The first-order valence-electron chi connectivity index (χ1n) is 19.8. The molecule has 0 fully saturated rings. The summed E-state index contributed by atoms with van der Waals surface area (Å²) in [5, 5.41) is 8.86. The molecule has 0 radical (unpaired) electrons. The third-order valence-corrected chi connectivity index (χ3v) is 8.94. The van der Waals surface area contributed by atoms with Crippen molar-refractivity contribution in [2.75, 3.05) is 19.8 Å². The number of hydrogen-bond donors (Lipinski definition) is 3. The smallest absolute Gasteiger partial charge is 0.472 e. The van der Waals surface area contributed by atoms with Crippen LogP contribution in [0, 0.1) is 0 Å². The predicted molar refractivity (Wildman–Crippen MR) is 212 cm³/mol. The number of carbonyl (C=O) groups excluding carboxylic acids is 2. The standard InChI is InChI=1S/C41H70NO10P/c1-3-5-7-9-11-13-15-17-18-19-20-21-23-24-26-28-30-32-39(43)49-34-37(35-50-53(47,48)51-36-38(42)41(45)46)52-40(44)33-31-29-27-25-22-16-14-12-10-8-6-4-2/h11-14,17-18,20-21,24,26,37-38H,3-10,15-16,19,22-23,25,27-36,42H2,1-2H3,(H,45,46)(H,47,48)/b13-11-,14-12-,18-17-,21-20-,26-24-/t37-,38+/m1/s1. The Balaban J connectivity index is 4.53. The van der Waals surface area contributed by atoms with Gasteiger partial charge in [-0.3, -0.25) is 23.4 Å². The Kier molecular flexibility index (Phi) is 34.2. The van der Waals surface area contributed by atoms with E-state index in [9.17, 15) is 23.8 Å². The maximum atomic E-state index is 12.6. The van der Waals surface area contributed by atoms with Crippen molar-refractivity contribution < 1.29 is 47.5 Å². The summed E-state index contributed by atoms with van der Waals surface area (Å²) in [5.41, 5.74) is 5.31. The first kappa shape index (κ1) is 50.2. The summed E-state index contributed by atoms with van der Waals surface area (Å²) < 4.78 is 32.5. The van der Waals surface area contributed by atoms with Gasteiger partial charge in [0.1, 0.15) is 12.6 Å². The van der Waals surface area contributed by atoms with E-state index in [4.69, 9.17) is 24.8 Å². The molecular formula is C41H70NO10P. The van der Waals surface area contributed by atoms with Crippen LogP contribution in [0.2, 0.25) is 0 Å². The minimum absolute atomic E-state index is 0.137. The predicted octanol–water partition coefficient (Wildman–Crippen LogP) is 10.00. The molecule has 0 bridgehead atoms. The molecule has 0 aliphatic rings. The van der Waals surface area contributed by atoms with Crippen molar-refractivity contribution in [2.24, 2.45) is 5.73 Å². The monoisotopic (exact) mass is 767 g/mol. The Labute approximate surface area is 319 Å². The lowest BCUT2D eigenvalue weighted by molar-refractivity contribution is -0.161. The summed E-state index contributed by atoms with van der Waals surface area (Å²) in [6, 6.07) is -1.53. The average molecular weight is 768 g/mol. The van der Waals surface area contributed by atoms with E-state index >= 15 is 0 Å². The highest BCUT2D eigenvalue weighted by Gasteiger charge is 2.28. The van der Waals surface area contributed by atoms with E-state index in [0.29, 0.717) is 19.3 Å². The minimum Gasteiger partial charge on any atom is -0.480 e. The molecule has 0 aromatic carbocycles. The third kappa shape index (κ3) is 36.0. The zero-order valence-corrected chi connectivity index (χ0v) is 33.5. The number of carboxylic acid groups (broad SMARTS) is 1. The van der Waals surface area contributed by atoms with Crippen molar-refractivity contribution in [2.45, 2.75) is 161 Å². The van der Waals surface area contributed by atoms with Crippen LogP contribution < -0.4 is 5.73 Å². The molecule has 53 heavy (non-hydrogen) atoms. The lowest BCUT2D eigenvalue weighted by Gasteiger charge is -2.20. The number of unbranched alkanes of at least 4 members (excludes halogenated alkanes) is 12. The number of phosphoric ester groups is 1. The van der Waals surface area contributed by atoms with Gasteiger partial charge >= 0.3 is 25.7 Å². The number of carbonyl (C=O) groups is 3. The third-order valence-electron chi connectivity index (χ3n) is 7.99. The molecular weight excluding hydrogens is 697 g/mol. The Morgan fingerprint density at radius 1 is 0.585 bits per heavy atom. The average Bonchev–Trinajstić information content (AvgIpc) is 3.13. The van der Waals surface area contributed by atoms with Gasteiger partial charge in [-0.25, -0.2) is 4.57 Å². The van der Waals surface area contributed by atoms with Crippen molar-refractivity contribution in [1.82, 2.24) is 0 Å². The van der Waals surface area contributed by atoms with Gasteiger partial charge in [0.25, 0.3) is 0 Å². The van der Waals surface area contributed by atoms with E-state index in [0.717, 1.165) is 64.2 Å². The molecule has 1 unspecified atom stereocenters. The lowest BCUT2D eigenvalue weighted by Crippen LogP contribution is -2.34. The van der Waals surface area contributed by atoms with Crippen LogP contribution in [0.15, 0.2) is 60.8 Å². The first-order valence-corrected chi connectivity index (χ1v) is 21.3. The number of ether oxygens (including phenoxy) is 2. The van der Waals surface area contributed by atoms with Crippen LogP contribution in [0.3, 0.4) is 0 Å². The highest BCUT2D eigenvalue weighted by atomic mass is 31.2. The van der Waals surface area contributed by atoms with Gasteiger partial charge in [0, 0.05) is 12.8 Å². The number of esters is 2. The number of phosphoric acid groups is 1. The molecule has 0 rings (SSSR count). The van der Waals surface area contributed by atoms with Crippen molar-refractivity contribution in [3.8, 4) is 0 Å². The van der Waals surface area contributed by atoms with Crippen LogP contribution >= 0.6 is 7.82 Å². The molecule has 304 valence electrons. The summed E-state index contributed by atoms with van der Waals surface area (Å²) in [6.45, 7) is 2.65. The topological polar surface area (TPSA) is 172 Å². The van der Waals surface area contributed by atoms with Crippen LogP contribution in [0.1, 0.15) is 149 Å². The molecule has 0 saturated heterocycles. The van der Waals surface area contributed by atoms with E-state index < -0.39 is 51.1 Å². The number of allylic oxidation sites excluding steroid dienone is 10. The summed E-state index contributed by atoms with van der Waals surface area (Å²) in [4.78, 5) is 45.8. The molecule has 0 aliphatic carbocycles. The second-order valence-corrected chi connectivity index (χ2v) is 14.5. The minimum atomic E-state index is -4.73. The highest BCUT2D eigenvalue weighted by Crippen LogP contribution is 2.43. The van der Waals surface area contributed by atoms with Gasteiger partial charge in [0.15, 0.2) is 6.10 Å². The summed E-state index contributed by atoms with van der Waals surface area (Å²) >= 11 is 0. The molecule has 11 nitrogen and oxygen atoms in total. The molecule has 0 aromatic rings. The fraction of sp³-hybridized carbons (Fsp3) is 0.683. The van der Waals surface area contributed by atoms with Crippen molar-refractivity contribution >= 4 is 25.7 Å². The van der Waals surface area contributed by atoms with Crippen LogP contribution in [0.25, 0.3) is 0 Å². The van der Waals surface area contributed by atoms with Crippen LogP contribution in [-0.4, -0.2) is 59.9 Å². The van der Waals surface area contributed by atoms with E-state index in [1.165, 1.54) is 38.5 Å². The summed E-state index contributed by atoms with van der Waals surface area (Å²) in [6.07, 6.45) is 40.1. The van der Waals surface area contributed by atoms with E-state index in [1.54, 1.807) is 0 Å². The van der Waals surface area contributed by atoms with Gasteiger partial charge in [-0.1, -0.05) is 120 Å². The maximum absolute atomic E-state index is 12.6. The van der Waals surface area contributed by atoms with Gasteiger partial charge in [-0.05, 0) is 77.0 Å². The van der Waals surface area contributed by atoms with Crippen molar-refractivity contribution in [3.63, 3.8) is 0 Å². The fourth-order valence-corrected chi connectivity index (χ4v) is 5.59. The van der Waals surface area contributed by atoms with Crippen LogP contribution in [0.4, 0.5) is 0 Å². The lowest BCUT2D eigenvalue weighted by atomic mass is 10.1. The Morgan fingerprint density at radius 3 is 1.57 bits per heavy atom. The molecule has 0 amide bonds. The second-order valence-electron chi connectivity index (χ2n) is 13.1. The number of nitrogens with two attached hydrogens (primary N) is 1. The van der Waals surface area contributed by atoms with Crippen molar-refractivity contribution in [3.05, 3.63) is 60.8 Å². The molecule has 0 heterocycles. The van der Waals surface area contributed by atoms with Gasteiger partial charge in [-0.2, -0.15) is 0 Å². The zero-order valence-electron chi connectivity index (χ0n) is 32.6. The van der Waals surface area contributed by atoms with E-state index in [2.05, 4.69) is 67.0 Å². The van der Waals surface area contributed by atoms with Gasteiger partial charge < -0.3 is 25.2 Å². The van der Waals surface area contributed by atoms with Gasteiger partial charge in [0.05, 0.1) is 13.2 Å². The first-order chi connectivity index (χ1) is 25.6. The van der Waals surface area contributed by atoms with Gasteiger partial charge in [-0.15, -0.1) is 0 Å². The summed E-state index contributed by atoms with van der Waals surface area (Å²) in [5.74, 6) is -2.47. The van der Waals surface area contributed by atoms with Gasteiger partial charge in [0.2, 0.25) is 0 Å². The molecule has 0 aliphatic heterocycles. The molecule has 12 heteroatoms. The quantitative estimate of drug-likeness (QED) is 0.0240. The van der Waals surface area contributed by atoms with E-state index in [-0.39, 0.29) is 19.4 Å². The second kappa shape index (κ2) is 36.2. The van der Waals surface area contributed by atoms with Crippen molar-refractivity contribution in [1.29, 1.82) is 0 Å². The fourth-order valence-electron chi connectivity index (χ4n) is 4.81. The number of rotatable bonds is 36. The SMILES string of the molecule is CCCCC/C=C\C/C=C\C/C=C\C/C=C\CCCC(=O)OC[C@H](COP(=O)(O)OC[C@H](N)C(=O)O)OC(=O)CCCCCCC/C=C\CCCCC. The molecule has 0 aromatic heterocycles. The molecule has 0 saturated carbocycles. The Bertz CT molecular complexity index is 1130. The zero-order chi connectivity index (χ0) is 39.3. The normalized spacial score (nSPS) is 14.5. The highest BCUT2D eigenvalue weighted by molar-refractivity contribution is 7.47. The Hall–Kier alpha value is -2.82.